The van der Waals surface area contributed by atoms with E-state index in [1.807, 2.05) is 0 Å². The van der Waals surface area contributed by atoms with Gasteiger partial charge in [0.15, 0.2) is 0 Å². The van der Waals surface area contributed by atoms with Crippen LogP contribution in [-0.4, -0.2) is 54.8 Å². The van der Waals surface area contributed by atoms with Crippen LogP contribution in [0.25, 0.3) is 0 Å². The summed E-state index contributed by atoms with van der Waals surface area (Å²) >= 11 is 0. The van der Waals surface area contributed by atoms with Crippen molar-refractivity contribution >= 4 is 7.82 Å². The summed E-state index contributed by atoms with van der Waals surface area (Å²) in [4.78, 5) is 0. The largest absolute Gasteiger partial charge is 0.491 e. The van der Waals surface area contributed by atoms with Gasteiger partial charge in [-0.15, -0.1) is 0 Å². The Morgan fingerprint density at radius 2 is 0.750 bits per heavy atom. The normalized spacial score (nSPS) is 13.3. The van der Waals surface area contributed by atoms with Gasteiger partial charge in [-0.3, -0.25) is 9.05 Å². The number of aliphatic hydroxyl groups excluding tert-OH is 2. The highest BCUT2D eigenvalue weighted by molar-refractivity contribution is 7.48. The molecule has 0 aromatic heterocycles. The first-order chi connectivity index (χ1) is 19.6. The van der Waals surface area contributed by atoms with Gasteiger partial charge in [0.05, 0.1) is 26.4 Å². The van der Waals surface area contributed by atoms with Gasteiger partial charge < -0.3 is 10.2 Å². The van der Waals surface area contributed by atoms with Gasteiger partial charge in [-0.1, -0.05) is 155 Å². The lowest BCUT2D eigenvalue weighted by Gasteiger charge is -2.25. The lowest BCUT2D eigenvalue weighted by atomic mass is 10.0. The Morgan fingerprint density at radius 1 is 0.475 bits per heavy atom. The van der Waals surface area contributed by atoms with Crippen molar-refractivity contribution in [3.05, 3.63) is 0 Å². The van der Waals surface area contributed by atoms with E-state index in [0.29, 0.717) is 13.2 Å². The predicted molar refractivity (Wildman–Crippen MR) is 168 cm³/mol. The molecule has 40 heavy (non-hydrogen) atoms. The summed E-state index contributed by atoms with van der Waals surface area (Å²) < 4.78 is 30.2. The van der Waals surface area contributed by atoms with Crippen molar-refractivity contribution in [3.8, 4) is 0 Å². The van der Waals surface area contributed by atoms with Crippen LogP contribution >= 0.6 is 7.82 Å². The van der Waals surface area contributed by atoms with Crippen LogP contribution in [0, 0.1) is 0 Å². The van der Waals surface area contributed by atoms with E-state index in [9.17, 15) is 14.8 Å². The number of unbranched alkanes of at least 4 members (excludes halogenated alkanes) is 22. The summed E-state index contributed by atoms with van der Waals surface area (Å²) in [6.45, 7) is 5.08. The second-order valence-corrected chi connectivity index (χ2v) is 12.9. The van der Waals surface area contributed by atoms with E-state index in [2.05, 4.69) is 13.8 Å². The van der Waals surface area contributed by atoms with E-state index in [1.54, 1.807) is 0 Å². The van der Waals surface area contributed by atoms with Gasteiger partial charge in [-0.25, -0.2) is 4.57 Å². The fraction of sp³-hybridized carbons (Fsp3) is 1.00. The number of phosphoric ester groups is 1. The number of rotatable bonds is 34. The topological polar surface area (TPSA) is 88.5 Å². The number of hydroxylamine groups is 2. The van der Waals surface area contributed by atoms with E-state index in [1.165, 1.54) is 121 Å². The standard InChI is InChI=1S/C32H68NO6P/c1-3-5-7-9-11-13-15-16-17-18-20-22-24-26-32-38-40(36,39-33(27-29-34)28-30-35)37-31-25-23-21-19-14-12-10-8-6-4-2/h34-35H,3-32H2,1-2H3. The Morgan fingerprint density at radius 3 is 1.02 bits per heavy atom. The second kappa shape index (κ2) is 31.9. The molecule has 0 aromatic rings. The first-order valence-electron chi connectivity index (χ1n) is 17.2. The Bertz CT molecular complexity index is 534. The number of hydrogen-bond acceptors (Lipinski definition) is 7. The van der Waals surface area contributed by atoms with Gasteiger partial charge in [0.25, 0.3) is 0 Å². The minimum absolute atomic E-state index is 0.133. The third kappa shape index (κ3) is 28.1. The maximum Gasteiger partial charge on any atom is 0.491 e. The molecule has 2 N–H and O–H groups in total. The molecule has 0 saturated heterocycles. The van der Waals surface area contributed by atoms with Gasteiger partial charge in [-0.2, -0.15) is 9.69 Å². The zero-order valence-corrected chi connectivity index (χ0v) is 27.5. The summed E-state index contributed by atoms with van der Waals surface area (Å²) in [6, 6.07) is 0. The van der Waals surface area contributed by atoms with Crippen LogP contribution < -0.4 is 0 Å². The van der Waals surface area contributed by atoms with E-state index >= 15 is 0 Å². The maximum absolute atomic E-state index is 13.3. The Balaban J connectivity index is 4.06. The molecule has 0 heterocycles. The number of hydrogen-bond donors (Lipinski definition) is 2. The summed E-state index contributed by atoms with van der Waals surface area (Å²) in [7, 11) is -3.79. The Kier molecular flexibility index (Phi) is 31.9. The van der Waals surface area contributed by atoms with Crippen molar-refractivity contribution < 1.29 is 28.5 Å². The van der Waals surface area contributed by atoms with Crippen molar-refractivity contribution in [1.29, 1.82) is 0 Å². The molecular formula is C32H68NO6P. The predicted octanol–water partition coefficient (Wildman–Crippen LogP) is 9.75. The molecule has 0 spiro atoms. The molecule has 0 fully saturated rings. The third-order valence-electron chi connectivity index (χ3n) is 7.41. The highest BCUT2D eigenvalue weighted by atomic mass is 31.2. The quantitative estimate of drug-likeness (QED) is 0.0436. The lowest BCUT2D eigenvalue weighted by Crippen LogP contribution is -2.30. The number of nitrogens with zero attached hydrogens (tertiary/aromatic N) is 1. The molecule has 0 aliphatic carbocycles. The van der Waals surface area contributed by atoms with E-state index < -0.39 is 7.82 Å². The van der Waals surface area contributed by atoms with Crippen molar-refractivity contribution in [2.24, 2.45) is 0 Å². The minimum Gasteiger partial charge on any atom is -0.395 e. The van der Waals surface area contributed by atoms with E-state index in [0.717, 1.165) is 38.5 Å². The fourth-order valence-corrected chi connectivity index (χ4v) is 6.20. The van der Waals surface area contributed by atoms with Gasteiger partial charge >= 0.3 is 7.82 Å². The zero-order valence-electron chi connectivity index (χ0n) is 26.6. The van der Waals surface area contributed by atoms with Gasteiger partial charge in [-0.05, 0) is 12.8 Å². The third-order valence-corrected chi connectivity index (χ3v) is 8.84. The molecule has 0 aliphatic rings. The van der Waals surface area contributed by atoms with Crippen molar-refractivity contribution in [2.45, 2.75) is 168 Å². The molecule has 1 atom stereocenters. The monoisotopic (exact) mass is 593 g/mol. The van der Waals surface area contributed by atoms with Crippen LogP contribution in [0.15, 0.2) is 0 Å². The van der Waals surface area contributed by atoms with Crippen LogP contribution in [0.1, 0.15) is 168 Å². The highest BCUT2D eigenvalue weighted by Gasteiger charge is 2.30. The maximum atomic E-state index is 13.3. The summed E-state index contributed by atoms with van der Waals surface area (Å²) in [6.07, 6.45) is 30.0. The molecule has 0 saturated carbocycles. The average molecular weight is 594 g/mol. The molecular weight excluding hydrogens is 525 g/mol. The average Bonchev–Trinajstić information content (AvgIpc) is 2.94. The molecule has 0 aromatic carbocycles. The van der Waals surface area contributed by atoms with Crippen LogP contribution in [0.4, 0.5) is 0 Å². The molecule has 0 rings (SSSR count). The van der Waals surface area contributed by atoms with Gasteiger partial charge in [0.1, 0.15) is 0 Å². The molecule has 0 radical (unpaired) electrons. The van der Waals surface area contributed by atoms with E-state index in [4.69, 9.17) is 13.7 Å². The number of phosphoric acid groups is 1. The van der Waals surface area contributed by atoms with E-state index in [-0.39, 0.29) is 26.3 Å². The smallest absolute Gasteiger partial charge is 0.395 e. The summed E-state index contributed by atoms with van der Waals surface area (Å²) in [5.74, 6) is 0. The van der Waals surface area contributed by atoms with Gasteiger partial charge in [0, 0.05) is 13.1 Å². The van der Waals surface area contributed by atoms with Crippen molar-refractivity contribution in [2.75, 3.05) is 39.5 Å². The van der Waals surface area contributed by atoms with Crippen LogP contribution in [0.3, 0.4) is 0 Å². The second-order valence-electron chi connectivity index (χ2n) is 11.3. The Labute approximate surface area is 248 Å². The van der Waals surface area contributed by atoms with Crippen LogP contribution in [0.5, 0.6) is 0 Å². The van der Waals surface area contributed by atoms with Crippen molar-refractivity contribution in [3.63, 3.8) is 0 Å². The fourth-order valence-electron chi connectivity index (χ4n) is 4.88. The van der Waals surface area contributed by atoms with Gasteiger partial charge in [0.2, 0.25) is 0 Å². The first kappa shape index (κ1) is 40.0. The highest BCUT2D eigenvalue weighted by Crippen LogP contribution is 2.50. The minimum atomic E-state index is -3.79. The molecule has 1 unspecified atom stereocenters. The molecule has 0 amide bonds. The molecule has 7 nitrogen and oxygen atoms in total. The van der Waals surface area contributed by atoms with Crippen molar-refractivity contribution in [1.82, 2.24) is 5.06 Å². The number of aliphatic hydroxyl groups is 2. The zero-order chi connectivity index (χ0) is 29.4. The SMILES string of the molecule is CCCCCCCCCCCCCCCCOP(=O)(OCCCCCCCCCCCC)ON(CCO)CCO. The van der Waals surface area contributed by atoms with Crippen LogP contribution in [0.2, 0.25) is 0 Å². The first-order valence-corrected chi connectivity index (χ1v) is 18.6. The molecule has 0 bridgehead atoms. The Hall–Kier alpha value is -0.0100. The molecule has 8 heteroatoms. The summed E-state index contributed by atoms with van der Waals surface area (Å²) in [5, 5.41) is 19.8. The molecule has 242 valence electrons. The van der Waals surface area contributed by atoms with Crippen LogP contribution in [-0.2, 0) is 18.2 Å². The molecule has 0 aliphatic heterocycles. The lowest BCUT2D eigenvalue weighted by molar-refractivity contribution is -0.105. The summed E-state index contributed by atoms with van der Waals surface area (Å²) in [5.41, 5.74) is 0.